The molecule has 0 aliphatic heterocycles. The minimum absolute atomic E-state index is 0.000487. The van der Waals surface area contributed by atoms with Gasteiger partial charge in [0.05, 0.1) is 12.2 Å². The van der Waals surface area contributed by atoms with Crippen molar-refractivity contribution in [2.45, 2.75) is 77.9 Å². The largest absolute Gasteiger partial charge is 0.393 e. The number of carbonyl (C=O) groups is 1. The van der Waals surface area contributed by atoms with Gasteiger partial charge in [0, 0.05) is 6.42 Å². The molecule has 3 nitrogen and oxygen atoms in total. The van der Waals surface area contributed by atoms with E-state index < -0.39 is 6.10 Å². The van der Waals surface area contributed by atoms with Gasteiger partial charge in [0.2, 0.25) is 0 Å². The molecule has 4 aliphatic rings. The second kappa shape index (κ2) is 5.41. The van der Waals surface area contributed by atoms with Crippen molar-refractivity contribution < 1.29 is 15.0 Å². The molecular formula is C21H32O3. The van der Waals surface area contributed by atoms with E-state index in [9.17, 15) is 15.0 Å². The van der Waals surface area contributed by atoms with E-state index in [0.29, 0.717) is 30.1 Å². The highest BCUT2D eigenvalue weighted by Gasteiger charge is 2.60. The first kappa shape index (κ1) is 16.8. The summed E-state index contributed by atoms with van der Waals surface area (Å²) in [4.78, 5) is 11.9. The molecule has 0 radical (unpaired) electrons. The van der Waals surface area contributed by atoms with Gasteiger partial charge < -0.3 is 10.2 Å². The lowest BCUT2D eigenvalue weighted by Gasteiger charge is -2.59. The molecule has 0 aromatic heterocycles. The molecule has 8 atom stereocenters. The highest BCUT2D eigenvalue weighted by molar-refractivity contribution is 5.91. The predicted molar refractivity (Wildman–Crippen MR) is 93.3 cm³/mol. The summed E-state index contributed by atoms with van der Waals surface area (Å²) in [5.41, 5.74) is 1.24. The van der Waals surface area contributed by atoms with Crippen molar-refractivity contribution in [1.82, 2.24) is 0 Å². The Morgan fingerprint density at radius 3 is 2.62 bits per heavy atom. The van der Waals surface area contributed by atoms with Crippen molar-refractivity contribution in [3.63, 3.8) is 0 Å². The first-order chi connectivity index (χ1) is 11.3. The van der Waals surface area contributed by atoms with E-state index in [0.717, 1.165) is 24.8 Å². The van der Waals surface area contributed by atoms with Gasteiger partial charge in [0.25, 0.3) is 0 Å². The molecule has 0 saturated heterocycles. The van der Waals surface area contributed by atoms with Gasteiger partial charge in [-0.25, -0.2) is 0 Å². The zero-order chi connectivity index (χ0) is 17.3. The maximum absolute atomic E-state index is 11.9. The first-order valence-electron chi connectivity index (χ1n) is 9.88. The van der Waals surface area contributed by atoms with Gasteiger partial charge in [0.1, 0.15) is 0 Å². The molecule has 0 amide bonds. The molecule has 0 heterocycles. The summed E-state index contributed by atoms with van der Waals surface area (Å²) in [7, 11) is 0. The second-order valence-corrected chi connectivity index (χ2v) is 9.58. The fourth-order valence-electron chi connectivity index (χ4n) is 7.44. The Hall–Kier alpha value is -0.670. The Labute approximate surface area is 145 Å². The number of fused-ring (bicyclic) bond motifs is 5. The highest BCUT2D eigenvalue weighted by atomic mass is 16.3. The number of rotatable bonds is 1. The van der Waals surface area contributed by atoms with Crippen LogP contribution in [0, 0.1) is 34.5 Å². The van der Waals surface area contributed by atoms with Crippen LogP contribution in [0.5, 0.6) is 0 Å². The van der Waals surface area contributed by atoms with Crippen molar-refractivity contribution >= 4 is 5.78 Å². The van der Waals surface area contributed by atoms with Crippen LogP contribution in [-0.4, -0.2) is 28.2 Å². The van der Waals surface area contributed by atoms with Crippen LogP contribution in [-0.2, 0) is 4.79 Å². The molecule has 4 rings (SSSR count). The van der Waals surface area contributed by atoms with Gasteiger partial charge in [-0.3, -0.25) is 4.79 Å². The molecule has 0 bridgehead atoms. The van der Waals surface area contributed by atoms with Gasteiger partial charge in [-0.1, -0.05) is 13.8 Å². The van der Waals surface area contributed by atoms with Crippen LogP contribution in [0.1, 0.15) is 65.7 Å². The molecule has 0 aromatic rings. The van der Waals surface area contributed by atoms with Crippen molar-refractivity contribution in [3.05, 3.63) is 11.6 Å². The van der Waals surface area contributed by atoms with Crippen LogP contribution >= 0.6 is 0 Å². The highest BCUT2D eigenvalue weighted by Crippen LogP contribution is 2.66. The van der Waals surface area contributed by atoms with Crippen LogP contribution < -0.4 is 0 Å². The summed E-state index contributed by atoms with van der Waals surface area (Å²) in [5, 5.41) is 21.1. The number of hydrogen-bond donors (Lipinski definition) is 2. The zero-order valence-electron chi connectivity index (χ0n) is 15.3. The molecular weight excluding hydrogens is 300 g/mol. The van der Waals surface area contributed by atoms with Crippen molar-refractivity contribution in [2.75, 3.05) is 0 Å². The zero-order valence-corrected chi connectivity index (χ0v) is 15.3. The van der Waals surface area contributed by atoms with Gasteiger partial charge in [-0.05, 0) is 91.6 Å². The van der Waals surface area contributed by atoms with E-state index in [-0.39, 0.29) is 22.7 Å². The van der Waals surface area contributed by atoms with Gasteiger partial charge in [-0.2, -0.15) is 0 Å². The topological polar surface area (TPSA) is 57.5 Å². The lowest BCUT2D eigenvalue weighted by Crippen LogP contribution is -2.54. The average molecular weight is 332 g/mol. The van der Waals surface area contributed by atoms with Crippen LogP contribution in [0.15, 0.2) is 11.6 Å². The SMILES string of the molecule is C[C@@H](O)[C@H]1CC[C@H]2[C@@H]3C[C@@H](O)C4=CC(=O)CC[C@]4(C)[C@H]3CC[C@]12C. The molecule has 134 valence electrons. The molecule has 2 N–H and O–H groups in total. The molecule has 4 aliphatic carbocycles. The Kier molecular flexibility index (Phi) is 3.78. The third kappa shape index (κ3) is 2.13. The lowest BCUT2D eigenvalue weighted by molar-refractivity contribution is -0.120. The molecule has 0 unspecified atom stereocenters. The molecule has 0 aromatic carbocycles. The van der Waals surface area contributed by atoms with Crippen LogP contribution in [0.4, 0.5) is 0 Å². The monoisotopic (exact) mass is 332 g/mol. The number of aliphatic hydroxyl groups is 2. The molecule has 3 heteroatoms. The van der Waals surface area contributed by atoms with E-state index in [1.54, 1.807) is 6.08 Å². The van der Waals surface area contributed by atoms with Crippen molar-refractivity contribution in [3.8, 4) is 0 Å². The van der Waals surface area contributed by atoms with Gasteiger partial charge in [-0.15, -0.1) is 0 Å². The fraction of sp³-hybridized carbons (Fsp3) is 0.857. The minimum Gasteiger partial charge on any atom is -0.393 e. The van der Waals surface area contributed by atoms with Crippen LogP contribution in [0.25, 0.3) is 0 Å². The Balaban J connectivity index is 1.70. The minimum atomic E-state index is -0.451. The quantitative estimate of drug-likeness (QED) is 0.773. The van der Waals surface area contributed by atoms with E-state index in [1.165, 1.54) is 19.3 Å². The van der Waals surface area contributed by atoms with E-state index in [2.05, 4.69) is 13.8 Å². The maximum Gasteiger partial charge on any atom is 0.155 e. The molecule has 3 fully saturated rings. The maximum atomic E-state index is 11.9. The second-order valence-electron chi connectivity index (χ2n) is 9.58. The van der Waals surface area contributed by atoms with E-state index in [4.69, 9.17) is 0 Å². The smallest absolute Gasteiger partial charge is 0.155 e. The lowest BCUT2D eigenvalue weighted by atomic mass is 9.46. The molecule has 3 saturated carbocycles. The third-order valence-corrected chi connectivity index (χ3v) is 8.63. The molecule has 0 spiro atoms. The van der Waals surface area contributed by atoms with Crippen molar-refractivity contribution in [2.24, 2.45) is 34.5 Å². The predicted octanol–water partition coefficient (Wildman–Crippen LogP) is 3.49. The normalized spacial score (nSPS) is 52.1. The van der Waals surface area contributed by atoms with E-state index in [1.807, 2.05) is 6.92 Å². The fourth-order valence-corrected chi connectivity index (χ4v) is 7.44. The number of hydrogen-bond acceptors (Lipinski definition) is 3. The summed E-state index contributed by atoms with van der Waals surface area (Å²) in [6.07, 6.45) is 8.10. The number of aliphatic hydroxyl groups excluding tert-OH is 2. The van der Waals surface area contributed by atoms with Crippen LogP contribution in [0.3, 0.4) is 0 Å². The van der Waals surface area contributed by atoms with Crippen LogP contribution in [0.2, 0.25) is 0 Å². The van der Waals surface area contributed by atoms with E-state index >= 15 is 0 Å². The number of carbonyl (C=O) groups excluding carboxylic acids is 1. The summed E-state index contributed by atoms with van der Waals surface area (Å²) < 4.78 is 0. The summed E-state index contributed by atoms with van der Waals surface area (Å²) in [5.74, 6) is 2.33. The summed E-state index contributed by atoms with van der Waals surface area (Å²) in [6, 6.07) is 0. The number of ketones is 1. The van der Waals surface area contributed by atoms with Crippen molar-refractivity contribution in [1.29, 1.82) is 0 Å². The van der Waals surface area contributed by atoms with Gasteiger partial charge >= 0.3 is 0 Å². The van der Waals surface area contributed by atoms with Gasteiger partial charge in [0.15, 0.2) is 5.78 Å². The Morgan fingerprint density at radius 2 is 1.92 bits per heavy atom. The average Bonchev–Trinajstić information content (AvgIpc) is 2.87. The Bertz CT molecular complexity index is 580. The standard InChI is InChI=1S/C21H32O3/c1-12(22)15-4-5-16-14-11-19(24)18-10-13(23)6-8-21(18,3)17(14)7-9-20(15,16)2/h10,12,14-17,19,22,24H,4-9,11H2,1-3H3/t12-,14+,15-,16+,17+,19-,20-,21-/m1/s1. The summed E-state index contributed by atoms with van der Waals surface area (Å²) in [6.45, 7) is 6.65. The first-order valence-corrected chi connectivity index (χ1v) is 9.88. The third-order valence-electron chi connectivity index (χ3n) is 8.63. The Morgan fingerprint density at radius 1 is 1.17 bits per heavy atom. The molecule has 24 heavy (non-hydrogen) atoms. The summed E-state index contributed by atoms with van der Waals surface area (Å²) >= 11 is 0.